The largest absolute Gasteiger partial charge is 0.214 e. The van der Waals surface area contributed by atoms with Gasteiger partial charge in [-0.15, -0.1) is 11.6 Å². The Balaban J connectivity index is 1.92. The normalized spacial score (nSPS) is 21.3. The number of aryl methyl sites for hydroxylation is 1. The average molecular weight is 288 g/mol. The third-order valence-corrected chi connectivity index (χ3v) is 5.63. The smallest absolute Gasteiger partial charge is 0.212 e. The fourth-order valence-corrected chi connectivity index (χ4v) is 4.02. The lowest BCUT2D eigenvalue weighted by Crippen LogP contribution is -2.31. The molecule has 0 saturated carbocycles. The van der Waals surface area contributed by atoms with Crippen molar-refractivity contribution in [1.29, 1.82) is 0 Å². The molecule has 1 aromatic carbocycles. The molecule has 100 valence electrons. The third kappa shape index (κ3) is 3.46. The highest BCUT2D eigenvalue weighted by Crippen LogP contribution is 2.21. The Bertz CT molecular complexity index is 475. The number of hydrogen-bond acceptors (Lipinski definition) is 2. The minimum Gasteiger partial charge on any atom is -0.212 e. The van der Waals surface area contributed by atoms with Gasteiger partial charge < -0.3 is 0 Å². The van der Waals surface area contributed by atoms with Gasteiger partial charge in [0, 0.05) is 19.0 Å². The molecule has 3 nitrogen and oxygen atoms in total. The summed E-state index contributed by atoms with van der Waals surface area (Å²) in [5.41, 5.74) is 1.06. The molecule has 1 fully saturated rings. The molecule has 1 aliphatic rings. The molecule has 1 atom stereocenters. The van der Waals surface area contributed by atoms with Crippen molar-refractivity contribution in [1.82, 2.24) is 4.31 Å². The molecular formula is C13H18ClNO2S. The lowest BCUT2D eigenvalue weighted by Gasteiger charge is -2.16. The highest BCUT2D eigenvalue weighted by atomic mass is 35.5. The predicted octanol–water partition coefficient (Wildman–Crippen LogP) is 2.12. The van der Waals surface area contributed by atoms with Gasteiger partial charge in [-0.2, -0.15) is 0 Å². The number of hydrogen-bond donors (Lipinski definition) is 0. The van der Waals surface area contributed by atoms with Crippen LogP contribution < -0.4 is 0 Å². The molecule has 1 saturated heterocycles. The lowest BCUT2D eigenvalue weighted by molar-refractivity contribution is 0.465. The zero-order valence-corrected chi connectivity index (χ0v) is 11.8. The Hall–Kier alpha value is -0.580. The second-order valence-corrected chi connectivity index (χ2v) is 7.12. The predicted molar refractivity (Wildman–Crippen MR) is 74.3 cm³/mol. The van der Waals surface area contributed by atoms with Crippen LogP contribution >= 0.6 is 11.6 Å². The molecule has 0 aromatic heterocycles. The number of sulfonamides is 1. The van der Waals surface area contributed by atoms with E-state index in [1.807, 2.05) is 30.3 Å². The summed E-state index contributed by atoms with van der Waals surface area (Å²) in [5, 5.41) is 0. The van der Waals surface area contributed by atoms with E-state index in [0.29, 0.717) is 31.3 Å². The second kappa shape index (κ2) is 6.04. The Morgan fingerprint density at radius 3 is 2.61 bits per heavy atom. The molecular weight excluding hydrogens is 270 g/mol. The van der Waals surface area contributed by atoms with Crippen LogP contribution in [0.5, 0.6) is 0 Å². The zero-order valence-electron chi connectivity index (χ0n) is 10.3. The SMILES string of the molecule is O=S(=O)(CCc1ccccc1)N1CCC(CCl)C1. The molecule has 1 heterocycles. The van der Waals surface area contributed by atoms with Crippen molar-refractivity contribution >= 4 is 21.6 Å². The minimum atomic E-state index is -3.13. The first-order valence-electron chi connectivity index (χ1n) is 6.19. The molecule has 0 radical (unpaired) electrons. The van der Waals surface area contributed by atoms with Crippen molar-refractivity contribution < 1.29 is 8.42 Å². The lowest BCUT2D eigenvalue weighted by atomic mass is 10.2. The maximum absolute atomic E-state index is 12.2. The molecule has 0 spiro atoms. The van der Waals surface area contributed by atoms with Crippen LogP contribution in [-0.2, 0) is 16.4 Å². The van der Waals surface area contributed by atoms with E-state index < -0.39 is 10.0 Å². The first-order chi connectivity index (χ1) is 8.62. The fraction of sp³-hybridized carbons (Fsp3) is 0.538. The molecule has 1 aromatic rings. The van der Waals surface area contributed by atoms with Gasteiger partial charge in [-0.3, -0.25) is 0 Å². The summed E-state index contributed by atoms with van der Waals surface area (Å²) >= 11 is 5.77. The molecule has 18 heavy (non-hydrogen) atoms. The highest BCUT2D eigenvalue weighted by Gasteiger charge is 2.30. The molecule has 1 aliphatic heterocycles. The van der Waals surface area contributed by atoms with E-state index in [9.17, 15) is 8.42 Å². The van der Waals surface area contributed by atoms with E-state index in [2.05, 4.69) is 0 Å². The van der Waals surface area contributed by atoms with E-state index in [4.69, 9.17) is 11.6 Å². The van der Waals surface area contributed by atoms with Crippen LogP contribution in [0.25, 0.3) is 0 Å². The first kappa shape index (κ1) is 13.8. The quantitative estimate of drug-likeness (QED) is 0.778. The van der Waals surface area contributed by atoms with Gasteiger partial charge in [0.2, 0.25) is 10.0 Å². The molecule has 0 N–H and O–H groups in total. The van der Waals surface area contributed by atoms with Gasteiger partial charge in [-0.1, -0.05) is 30.3 Å². The fourth-order valence-electron chi connectivity index (χ4n) is 2.20. The van der Waals surface area contributed by atoms with Gasteiger partial charge in [-0.25, -0.2) is 12.7 Å². The van der Waals surface area contributed by atoms with Crippen molar-refractivity contribution in [3.8, 4) is 0 Å². The summed E-state index contributed by atoms with van der Waals surface area (Å²) in [6, 6.07) is 9.72. The van der Waals surface area contributed by atoms with Crippen LogP contribution in [0, 0.1) is 5.92 Å². The zero-order chi connectivity index (χ0) is 13.0. The molecule has 0 amide bonds. The monoisotopic (exact) mass is 287 g/mol. The van der Waals surface area contributed by atoms with Gasteiger partial charge >= 0.3 is 0 Å². The van der Waals surface area contributed by atoms with Crippen molar-refractivity contribution in [2.24, 2.45) is 5.92 Å². The Morgan fingerprint density at radius 1 is 1.28 bits per heavy atom. The molecule has 1 unspecified atom stereocenters. The van der Waals surface area contributed by atoms with Gasteiger partial charge in [-0.05, 0) is 24.3 Å². The standard InChI is InChI=1S/C13H18ClNO2S/c14-10-13-6-8-15(11-13)18(16,17)9-7-12-4-2-1-3-5-12/h1-5,13H,6-11H2. The van der Waals surface area contributed by atoms with Crippen LogP contribution in [0.3, 0.4) is 0 Å². The van der Waals surface area contributed by atoms with Crippen molar-refractivity contribution in [3.63, 3.8) is 0 Å². The van der Waals surface area contributed by atoms with Crippen LogP contribution in [0.4, 0.5) is 0 Å². The molecule has 0 aliphatic carbocycles. The van der Waals surface area contributed by atoms with Gasteiger partial charge in [0.25, 0.3) is 0 Å². The first-order valence-corrected chi connectivity index (χ1v) is 8.34. The Morgan fingerprint density at radius 2 is 2.00 bits per heavy atom. The summed E-state index contributed by atoms with van der Waals surface area (Å²) in [6.07, 6.45) is 1.46. The van der Waals surface area contributed by atoms with Gasteiger partial charge in [0.05, 0.1) is 5.75 Å². The van der Waals surface area contributed by atoms with E-state index in [1.165, 1.54) is 0 Å². The second-order valence-electron chi connectivity index (χ2n) is 4.72. The minimum absolute atomic E-state index is 0.187. The summed E-state index contributed by atoms with van der Waals surface area (Å²) in [4.78, 5) is 0. The number of rotatable bonds is 5. The molecule has 5 heteroatoms. The molecule has 0 bridgehead atoms. The Kier molecular flexibility index (Phi) is 4.65. The summed E-state index contributed by atoms with van der Waals surface area (Å²) in [6.45, 7) is 1.20. The molecule has 2 rings (SSSR count). The van der Waals surface area contributed by atoms with Gasteiger partial charge in [0.1, 0.15) is 0 Å². The third-order valence-electron chi connectivity index (χ3n) is 3.35. The summed E-state index contributed by atoms with van der Waals surface area (Å²) in [7, 11) is -3.13. The average Bonchev–Trinajstić information content (AvgIpc) is 2.87. The topological polar surface area (TPSA) is 37.4 Å². The highest BCUT2D eigenvalue weighted by molar-refractivity contribution is 7.89. The summed E-state index contributed by atoms with van der Waals surface area (Å²) in [5.74, 6) is 1.05. The van der Waals surface area contributed by atoms with E-state index in [1.54, 1.807) is 4.31 Å². The maximum atomic E-state index is 12.2. The van der Waals surface area contributed by atoms with Crippen LogP contribution in [0.2, 0.25) is 0 Å². The Labute approximate surface area is 114 Å². The summed E-state index contributed by atoms with van der Waals surface area (Å²) < 4.78 is 25.9. The van der Waals surface area contributed by atoms with Crippen LogP contribution in [0.15, 0.2) is 30.3 Å². The van der Waals surface area contributed by atoms with Crippen molar-refractivity contribution in [2.45, 2.75) is 12.8 Å². The number of halogens is 1. The van der Waals surface area contributed by atoms with E-state index >= 15 is 0 Å². The number of nitrogens with zero attached hydrogens (tertiary/aromatic N) is 1. The van der Waals surface area contributed by atoms with Crippen molar-refractivity contribution in [3.05, 3.63) is 35.9 Å². The van der Waals surface area contributed by atoms with E-state index in [-0.39, 0.29) is 5.75 Å². The number of alkyl halides is 1. The van der Waals surface area contributed by atoms with Crippen LogP contribution in [-0.4, -0.2) is 37.4 Å². The van der Waals surface area contributed by atoms with Crippen LogP contribution in [0.1, 0.15) is 12.0 Å². The van der Waals surface area contributed by atoms with Crippen molar-refractivity contribution in [2.75, 3.05) is 24.7 Å². The van der Waals surface area contributed by atoms with Gasteiger partial charge in [0.15, 0.2) is 0 Å². The number of benzene rings is 1. The maximum Gasteiger partial charge on any atom is 0.214 e. The van der Waals surface area contributed by atoms with E-state index in [0.717, 1.165) is 12.0 Å².